The van der Waals surface area contributed by atoms with Gasteiger partial charge in [-0.05, 0) is 0 Å². The Bertz CT molecular complexity index is 1390. The van der Waals surface area contributed by atoms with Crippen LogP contribution in [-0.2, 0) is 17.7 Å². The van der Waals surface area contributed by atoms with Crippen LogP contribution in [0.2, 0.25) is 0 Å². The number of rotatable bonds is 4. The molecule has 0 bridgehead atoms. The summed E-state index contributed by atoms with van der Waals surface area (Å²) in [5.74, 6) is 0. The van der Waals surface area contributed by atoms with Crippen molar-refractivity contribution in [3.8, 4) is 21.1 Å². The van der Waals surface area contributed by atoms with Crippen LogP contribution in [0.15, 0.2) is 97.3 Å². The Hall–Kier alpha value is -2.69. The molecule has 2 aromatic carbocycles. The molecule has 0 amide bonds. The van der Waals surface area contributed by atoms with E-state index in [0.29, 0.717) is 0 Å². The van der Waals surface area contributed by atoms with E-state index in [-0.39, 0.29) is 0 Å². The first-order chi connectivity index (χ1) is 15.4. The zero-order chi connectivity index (χ0) is 20.6. The molecule has 0 atom stereocenters. The zero-order valence-corrected chi connectivity index (χ0v) is 20.3. The van der Waals surface area contributed by atoms with E-state index in [9.17, 15) is 0 Å². The molecule has 0 saturated heterocycles. The van der Waals surface area contributed by atoms with Gasteiger partial charge in [0.1, 0.15) is 0 Å². The number of hydrogen-bond donors (Lipinski definition) is 0. The molecule has 0 aliphatic carbocycles. The quantitative estimate of drug-likeness (QED) is 0.235. The van der Waals surface area contributed by atoms with Crippen molar-refractivity contribution in [3.63, 3.8) is 0 Å². The van der Waals surface area contributed by atoms with Crippen LogP contribution in [0.3, 0.4) is 0 Å². The molecule has 0 unspecified atom stereocenters. The predicted molar refractivity (Wildman–Crippen MR) is 129 cm³/mol. The zero-order valence-electron chi connectivity index (χ0n) is 16.3. The molecule has 0 fully saturated rings. The van der Waals surface area contributed by atoms with E-state index < -0.39 is 17.7 Å². The molecule has 31 heavy (non-hydrogen) atoms. The fraction of sp³-hybridized carbons (Fsp3) is 0. The minimum atomic E-state index is -0.633. The summed E-state index contributed by atoms with van der Waals surface area (Å²) in [5.41, 5.74) is 2.14. The van der Waals surface area contributed by atoms with Gasteiger partial charge < -0.3 is 0 Å². The minimum absolute atomic E-state index is 0.633. The van der Waals surface area contributed by atoms with Gasteiger partial charge in [-0.15, -0.1) is 0 Å². The first kappa shape index (κ1) is 19.0. The van der Waals surface area contributed by atoms with E-state index in [0.717, 1.165) is 11.4 Å². The number of thiophene rings is 2. The van der Waals surface area contributed by atoms with Gasteiger partial charge in [-0.2, -0.15) is 0 Å². The molecule has 2 nitrogen and oxygen atoms in total. The van der Waals surface area contributed by atoms with E-state index in [1.54, 1.807) is 0 Å². The summed E-state index contributed by atoms with van der Waals surface area (Å²) < 4.78 is 5.61. The van der Waals surface area contributed by atoms with E-state index in [2.05, 4.69) is 72.8 Å². The molecule has 151 valence electrons. The Morgan fingerprint density at radius 2 is 0.968 bits per heavy atom. The van der Waals surface area contributed by atoms with Crippen LogP contribution >= 0.6 is 22.7 Å². The molecule has 0 spiro atoms. The number of fused-ring (bicyclic) bond motifs is 2. The summed E-state index contributed by atoms with van der Waals surface area (Å²) in [6, 6.07) is 29.9. The van der Waals surface area contributed by atoms with Crippen LogP contribution in [0.25, 0.3) is 41.3 Å². The van der Waals surface area contributed by atoms with Gasteiger partial charge in [0.2, 0.25) is 0 Å². The Balaban J connectivity index is 1.60. The van der Waals surface area contributed by atoms with Crippen molar-refractivity contribution < 1.29 is 17.7 Å². The van der Waals surface area contributed by atoms with E-state index in [1.807, 2.05) is 47.2 Å². The fourth-order valence-corrected chi connectivity index (χ4v) is 10.8. The second-order valence-electron chi connectivity index (χ2n) is 6.95. The maximum absolute atomic E-state index is 4.70. The van der Waals surface area contributed by atoms with Crippen LogP contribution in [0.1, 0.15) is 0 Å². The summed E-state index contributed by atoms with van der Waals surface area (Å²) >= 11 is 3.09. The van der Waals surface area contributed by atoms with Gasteiger partial charge in [-0.3, -0.25) is 0 Å². The third kappa shape index (κ3) is 3.44. The molecule has 0 saturated carbocycles. The van der Waals surface area contributed by atoms with Crippen LogP contribution < -0.4 is 8.15 Å². The molecule has 0 aliphatic rings. The van der Waals surface area contributed by atoms with Crippen LogP contribution in [0.5, 0.6) is 0 Å². The van der Waals surface area contributed by atoms with Gasteiger partial charge >= 0.3 is 197 Å². The molecule has 4 heterocycles. The van der Waals surface area contributed by atoms with Gasteiger partial charge in [0.05, 0.1) is 0 Å². The molecule has 0 N–H and O–H groups in total. The van der Waals surface area contributed by atoms with Crippen molar-refractivity contribution in [3.05, 3.63) is 97.3 Å². The van der Waals surface area contributed by atoms with Crippen molar-refractivity contribution in [1.82, 2.24) is 9.97 Å². The summed E-state index contributed by atoms with van der Waals surface area (Å²) in [6.07, 6.45) is 3.78. The maximum atomic E-state index is 4.70. The molecule has 0 aliphatic heterocycles. The van der Waals surface area contributed by atoms with Crippen LogP contribution in [0.4, 0.5) is 0 Å². The van der Waals surface area contributed by atoms with Crippen LogP contribution in [0, 0.1) is 0 Å². The molecule has 0 radical (unpaired) electrons. The van der Waals surface area contributed by atoms with Crippen molar-refractivity contribution in [1.29, 1.82) is 0 Å². The average Bonchev–Trinajstić information content (AvgIpc) is 3.40. The van der Waals surface area contributed by atoms with Gasteiger partial charge in [-0.25, -0.2) is 0 Å². The van der Waals surface area contributed by atoms with E-state index in [1.165, 1.54) is 38.1 Å². The average molecular weight is 613 g/mol. The van der Waals surface area contributed by atoms with Gasteiger partial charge in [-0.1, -0.05) is 0 Å². The number of nitrogens with zero attached hydrogens (tertiary/aromatic N) is 2. The monoisotopic (exact) mass is 613 g/mol. The van der Waals surface area contributed by atoms with Gasteiger partial charge in [0, 0.05) is 0 Å². The van der Waals surface area contributed by atoms with E-state index in [4.69, 9.17) is 9.97 Å². The van der Waals surface area contributed by atoms with E-state index >= 15 is 0 Å². The summed E-state index contributed by atoms with van der Waals surface area (Å²) in [5, 5.41) is 2.74. The summed E-state index contributed by atoms with van der Waals surface area (Å²) in [4.78, 5) is 12.0. The molecular weight excluding hydrogens is 597 g/mol. The number of hydrogen-bond acceptors (Lipinski definition) is 4. The normalized spacial score (nSPS) is 11.5. The number of aromatic nitrogens is 2. The Morgan fingerprint density at radius 1 is 0.516 bits per heavy atom. The number of benzene rings is 2. The first-order valence-corrected chi connectivity index (χ1v) is 13.9. The van der Waals surface area contributed by atoms with Gasteiger partial charge in [0.25, 0.3) is 0 Å². The standard InChI is InChI=1S/2C13H8NS.Ir/c2*1-2-7-12-10(5-1)9-13(15-12)11-6-3-4-8-14-11;/h2*1-8H;. The second kappa shape index (κ2) is 8.10. The summed E-state index contributed by atoms with van der Waals surface area (Å²) in [6.45, 7) is 0. The van der Waals surface area contributed by atoms with Crippen molar-refractivity contribution in [2.75, 3.05) is 0 Å². The van der Waals surface area contributed by atoms with Crippen molar-refractivity contribution >= 4 is 51.0 Å². The fourth-order valence-electron chi connectivity index (χ4n) is 3.57. The van der Waals surface area contributed by atoms with Crippen molar-refractivity contribution in [2.45, 2.75) is 0 Å². The third-order valence-electron chi connectivity index (χ3n) is 4.99. The third-order valence-corrected chi connectivity index (χ3v) is 11.9. The Labute approximate surface area is 196 Å². The van der Waals surface area contributed by atoms with Crippen LogP contribution in [-0.4, -0.2) is 9.97 Å². The second-order valence-corrected chi connectivity index (χ2v) is 12.0. The molecule has 4 aromatic heterocycles. The molecule has 6 aromatic rings. The van der Waals surface area contributed by atoms with Gasteiger partial charge in [0.15, 0.2) is 0 Å². The predicted octanol–water partition coefficient (Wildman–Crippen LogP) is 6.27. The van der Waals surface area contributed by atoms with Crippen molar-refractivity contribution in [2.24, 2.45) is 0 Å². The first-order valence-electron chi connectivity index (χ1n) is 9.85. The number of pyridine rings is 2. The molecule has 5 heteroatoms. The Morgan fingerprint density at radius 3 is 1.42 bits per heavy atom. The molecular formula is C26H16IrN2S2. The molecule has 6 rings (SSSR count). The Kier molecular flexibility index (Phi) is 4.97. The topological polar surface area (TPSA) is 25.8 Å². The SMILES string of the molecule is c1ccc(-c2sc3ccccc3[c]2[Ir][c]2c(-c3ccccn3)sc3ccccc23)nc1. The summed E-state index contributed by atoms with van der Waals surface area (Å²) in [7, 11) is 0.